The molecule has 0 heterocycles. The Morgan fingerprint density at radius 1 is 1.05 bits per heavy atom. The van der Waals surface area contributed by atoms with E-state index in [0.717, 1.165) is 6.07 Å². The average molecular weight is 276 g/mol. The van der Waals surface area contributed by atoms with Gasteiger partial charge in [-0.15, -0.1) is 0 Å². The van der Waals surface area contributed by atoms with E-state index in [0.29, 0.717) is 17.3 Å². The van der Waals surface area contributed by atoms with Crippen molar-refractivity contribution in [2.75, 3.05) is 5.32 Å². The summed E-state index contributed by atoms with van der Waals surface area (Å²) < 4.78 is 39.8. The van der Waals surface area contributed by atoms with E-state index in [1.807, 2.05) is 6.07 Å². The first-order valence-corrected chi connectivity index (χ1v) is 5.88. The van der Waals surface area contributed by atoms with Crippen LogP contribution in [0.2, 0.25) is 0 Å². The molecule has 1 unspecified atom stereocenters. The van der Waals surface area contributed by atoms with Crippen LogP contribution in [0.5, 0.6) is 0 Å². The van der Waals surface area contributed by atoms with E-state index in [1.165, 1.54) is 18.2 Å². The third-order valence-corrected chi connectivity index (χ3v) is 2.76. The fourth-order valence-electron chi connectivity index (χ4n) is 1.90. The molecule has 0 saturated carbocycles. The molecule has 1 atom stereocenters. The normalized spacial score (nSPS) is 11.8. The van der Waals surface area contributed by atoms with Gasteiger partial charge in [0, 0.05) is 17.3 Å². The molecule has 0 saturated heterocycles. The number of aryl methyl sites for hydroxylation is 1. The molecule has 2 aromatic carbocycles. The zero-order valence-electron chi connectivity index (χ0n) is 10.6. The summed E-state index contributed by atoms with van der Waals surface area (Å²) in [5, 5.41) is 11.8. The highest BCUT2D eigenvalue weighted by atomic mass is 19.1. The Morgan fingerprint density at radius 3 is 2.40 bits per heavy atom. The van der Waals surface area contributed by atoms with Gasteiger partial charge in [-0.05, 0) is 36.8 Å². The van der Waals surface area contributed by atoms with Crippen molar-refractivity contribution in [2.45, 2.75) is 13.0 Å². The third kappa shape index (κ3) is 3.09. The first-order chi connectivity index (χ1) is 9.49. The molecule has 2 nitrogen and oxygen atoms in total. The lowest BCUT2D eigenvalue weighted by atomic mass is 10.1. The summed E-state index contributed by atoms with van der Waals surface area (Å²) in [5.74, 6) is -1.99. The van der Waals surface area contributed by atoms with Gasteiger partial charge in [0.2, 0.25) is 0 Å². The number of nitriles is 1. The SMILES string of the molecule is Cc1cc(F)cc(NC(C#N)c2ccc(F)cc2F)c1. The van der Waals surface area contributed by atoms with Gasteiger partial charge in [0.1, 0.15) is 23.5 Å². The molecule has 20 heavy (non-hydrogen) atoms. The molecule has 1 N–H and O–H groups in total. The Morgan fingerprint density at radius 2 is 1.80 bits per heavy atom. The lowest BCUT2D eigenvalue weighted by Crippen LogP contribution is -2.11. The van der Waals surface area contributed by atoms with Crippen LogP contribution in [-0.4, -0.2) is 0 Å². The van der Waals surface area contributed by atoms with Gasteiger partial charge in [-0.1, -0.05) is 6.07 Å². The summed E-state index contributed by atoms with van der Waals surface area (Å²) in [4.78, 5) is 0. The predicted molar refractivity (Wildman–Crippen MR) is 69.5 cm³/mol. The molecule has 0 aromatic heterocycles. The van der Waals surface area contributed by atoms with Crippen molar-refractivity contribution < 1.29 is 13.2 Å². The largest absolute Gasteiger partial charge is 0.366 e. The Bertz CT molecular complexity index is 657. The van der Waals surface area contributed by atoms with Gasteiger partial charge in [-0.2, -0.15) is 5.26 Å². The van der Waals surface area contributed by atoms with Gasteiger partial charge >= 0.3 is 0 Å². The maximum absolute atomic E-state index is 13.6. The summed E-state index contributed by atoms with van der Waals surface area (Å²) >= 11 is 0. The highest BCUT2D eigenvalue weighted by Gasteiger charge is 2.16. The van der Waals surface area contributed by atoms with Crippen molar-refractivity contribution in [1.29, 1.82) is 5.26 Å². The summed E-state index contributed by atoms with van der Waals surface area (Å²) in [7, 11) is 0. The van der Waals surface area contributed by atoms with E-state index in [4.69, 9.17) is 5.26 Å². The molecule has 2 rings (SSSR count). The lowest BCUT2D eigenvalue weighted by Gasteiger charge is -2.14. The van der Waals surface area contributed by atoms with E-state index < -0.39 is 23.5 Å². The van der Waals surface area contributed by atoms with E-state index in [-0.39, 0.29) is 5.56 Å². The Labute approximate surface area is 114 Å². The van der Waals surface area contributed by atoms with Crippen LogP contribution in [-0.2, 0) is 0 Å². The number of benzene rings is 2. The van der Waals surface area contributed by atoms with Crippen LogP contribution in [0.15, 0.2) is 36.4 Å². The number of anilines is 1. The van der Waals surface area contributed by atoms with Gasteiger partial charge in [0.15, 0.2) is 0 Å². The van der Waals surface area contributed by atoms with E-state index in [9.17, 15) is 13.2 Å². The summed E-state index contributed by atoms with van der Waals surface area (Å²) in [6.07, 6.45) is 0. The van der Waals surface area contributed by atoms with Crippen LogP contribution in [0.3, 0.4) is 0 Å². The summed E-state index contributed by atoms with van der Waals surface area (Å²) in [6.45, 7) is 1.70. The fraction of sp³-hybridized carbons (Fsp3) is 0.133. The van der Waals surface area contributed by atoms with Gasteiger partial charge in [-0.3, -0.25) is 0 Å². The van der Waals surface area contributed by atoms with Crippen LogP contribution in [0.4, 0.5) is 18.9 Å². The molecule has 102 valence electrons. The first-order valence-electron chi connectivity index (χ1n) is 5.88. The maximum Gasteiger partial charge on any atom is 0.143 e. The van der Waals surface area contributed by atoms with Gasteiger partial charge < -0.3 is 5.32 Å². The molecular weight excluding hydrogens is 265 g/mol. The van der Waals surface area contributed by atoms with Crippen molar-refractivity contribution in [3.05, 3.63) is 65.0 Å². The van der Waals surface area contributed by atoms with Crippen molar-refractivity contribution in [1.82, 2.24) is 0 Å². The zero-order chi connectivity index (χ0) is 14.7. The Balaban J connectivity index is 2.31. The van der Waals surface area contributed by atoms with E-state index in [2.05, 4.69) is 5.32 Å². The van der Waals surface area contributed by atoms with Crippen molar-refractivity contribution in [3.8, 4) is 6.07 Å². The smallest absolute Gasteiger partial charge is 0.143 e. The molecule has 0 fully saturated rings. The summed E-state index contributed by atoms with van der Waals surface area (Å²) in [5.41, 5.74) is 1.04. The topological polar surface area (TPSA) is 35.8 Å². The van der Waals surface area contributed by atoms with Crippen molar-refractivity contribution in [2.24, 2.45) is 0 Å². The molecule has 0 aliphatic carbocycles. The molecule has 0 aliphatic heterocycles. The van der Waals surface area contributed by atoms with Crippen molar-refractivity contribution >= 4 is 5.69 Å². The number of hydrogen-bond acceptors (Lipinski definition) is 2. The number of nitrogens with zero attached hydrogens (tertiary/aromatic N) is 1. The second-order valence-electron chi connectivity index (χ2n) is 4.39. The molecule has 2 aromatic rings. The first kappa shape index (κ1) is 13.9. The quantitative estimate of drug-likeness (QED) is 0.916. The minimum Gasteiger partial charge on any atom is -0.366 e. The van der Waals surface area contributed by atoms with Crippen LogP contribution in [0.25, 0.3) is 0 Å². The third-order valence-electron chi connectivity index (χ3n) is 2.76. The number of rotatable bonds is 3. The lowest BCUT2D eigenvalue weighted by molar-refractivity contribution is 0.570. The molecule has 0 bridgehead atoms. The highest BCUT2D eigenvalue weighted by Crippen LogP contribution is 2.23. The molecule has 0 amide bonds. The second-order valence-corrected chi connectivity index (χ2v) is 4.39. The summed E-state index contributed by atoms with van der Waals surface area (Å²) in [6, 6.07) is 7.99. The van der Waals surface area contributed by atoms with E-state index >= 15 is 0 Å². The number of halogens is 3. The monoisotopic (exact) mass is 276 g/mol. The molecule has 0 aliphatic rings. The van der Waals surface area contributed by atoms with E-state index in [1.54, 1.807) is 13.0 Å². The number of hydrogen-bond donors (Lipinski definition) is 1. The molecular formula is C15H11F3N2. The van der Waals surface area contributed by atoms with Crippen LogP contribution in [0.1, 0.15) is 17.2 Å². The van der Waals surface area contributed by atoms with Crippen molar-refractivity contribution in [3.63, 3.8) is 0 Å². The molecule has 0 spiro atoms. The van der Waals surface area contributed by atoms with Crippen LogP contribution in [0, 0.1) is 35.7 Å². The van der Waals surface area contributed by atoms with Gasteiger partial charge in [-0.25, -0.2) is 13.2 Å². The molecule has 5 heteroatoms. The fourth-order valence-corrected chi connectivity index (χ4v) is 1.90. The highest BCUT2D eigenvalue weighted by molar-refractivity contribution is 5.49. The standard InChI is InChI=1S/C15H11F3N2/c1-9-4-11(17)6-12(5-9)20-15(8-19)13-3-2-10(16)7-14(13)18/h2-7,15,20H,1H3. The minimum absolute atomic E-state index is 0.0100. The van der Waals surface area contributed by atoms with Crippen LogP contribution >= 0.6 is 0 Å². The zero-order valence-corrected chi connectivity index (χ0v) is 10.6. The Hall–Kier alpha value is -2.48. The second kappa shape index (κ2) is 5.66. The number of nitrogens with one attached hydrogen (secondary N) is 1. The minimum atomic E-state index is -1.03. The molecule has 0 radical (unpaired) electrons. The van der Waals surface area contributed by atoms with Gasteiger partial charge in [0.05, 0.1) is 6.07 Å². The van der Waals surface area contributed by atoms with Gasteiger partial charge in [0.25, 0.3) is 0 Å². The average Bonchev–Trinajstić information content (AvgIpc) is 2.35. The Kier molecular flexibility index (Phi) is 3.94. The van der Waals surface area contributed by atoms with Crippen LogP contribution < -0.4 is 5.32 Å². The predicted octanol–water partition coefficient (Wildman–Crippen LogP) is 4.09. The maximum atomic E-state index is 13.6.